The minimum Gasteiger partial charge on any atom is -0.370 e. The molecular weight excluding hydrogens is 248 g/mol. The van der Waals surface area contributed by atoms with E-state index in [9.17, 15) is 0 Å². The van der Waals surface area contributed by atoms with Crippen molar-refractivity contribution in [2.24, 2.45) is 5.92 Å². The highest BCUT2D eigenvalue weighted by molar-refractivity contribution is 5.57. The van der Waals surface area contributed by atoms with Gasteiger partial charge >= 0.3 is 0 Å². The van der Waals surface area contributed by atoms with Crippen LogP contribution < -0.4 is 10.6 Å². The Labute approximate surface area is 123 Å². The van der Waals surface area contributed by atoms with Crippen molar-refractivity contribution >= 4 is 11.6 Å². The molecule has 1 unspecified atom stereocenters. The fourth-order valence-electron chi connectivity index (χ4n) is 1.80. The van der Waals surface area contributed by atoms with Crippen LogP contribution in [0.4, 0.5) is 11.6 Å². The van der Waals surface area contributed by atoms with Gasteiger partial charge in [0, 0.05) is 24.6 Å². The molecule has 1 heterocycles. The number of nitrogens with one attached hydrogen (secondary N) is 2. The first-order valence-electron chi connectivity index (χ1n) is 7.85. The van der Waals surface area contributed by atoms with Gasteiger partial charge in [0.2, 0.25) is 0 Å². The van der Waals surface area contributed by atoms with Crippen LogP contribution in [-0.4, -0.2) is 23.1 Å². The van der Waals surface area contributed by atoms with Gasteiger partial charge in [-0.15, -0.1) is 0 Å². The minimum atomic E-state index is 0.335. The van der Waals surface area contributed by atoms with E-state index in [0.717, 1.165) is 42.5 Å². The number of aromatic nitrogens is 2. The van der Waals surface area contributed by atoms with Gasteiger partial charge in [-0.2, -0.15) is 0 Å². The second-order valence-electron chi connectivity index (χ2n) is 5.88. The Hall–Kier alpha value is -1.32. The monoisotopic (exact) mass is 278 g/mol. The summed E-state index contributed by atoms with van der Waals surface area (Å²) in [5.74, 6) is 3.83. The van der Waals surface area contributed by atoms with Gasteiger partial charge in [-0.3, -0.25) is 0 Å². The number of anilines is 2. The molecule has 0 bridgehead atoms. The van der Waals surface area contributed by atoms with Crippen molar-refractivity contribution in [3.8, 4) is 0 Å². The molecule has 0 spiro atoms. The highest BCUT2D eigenvalue weighted by Gasteiger charge is 2.13. The largest absolute Gasteiger partial charge is 0.370 e. The molecule has 1 aromatic rings. The summed E-state index contributed by atoms with van der Waals surface area (Å²) in [7, 11) is 0. The Morgan fingerprint density at radius 2 is 1.60 bits per heavy atom. The maximum atomic E-state index is 4.68. The Bertz CT molecular complexity index is 415. The maximum absolute atomic E-state index is 4.68. The lowest BCUT2D eigenvalue weighted by Gasteiger charge is -2.17. The smallest absolute Gasteiger partial charge is 0.135 e. The molecule has 4 nitrogen and oxygen atoms in total. The van der Waals surface area contributed by atoms with Gasteiger partial charge in [0.15, 0.2) is 0 Å². The van der Waals surface area contributed by atoms with E-state index in [4.69, 9.17) is 0 Å². The molecule has 1 aromatic heterocycles. The van der Waals surface area contributed by atoms with E-state index in [2.05, 4.69) is 62.1 Å². The third kappa shape index (κ3) is 4.66. The van der Waals surface area contributed by atoms with Crippen molar-refractivity contribution in [1.82, 2.24) is 9.97 Å². The van der Waals surface area contributed by atoms with Crippen LogP contribution in [0.1, 0.15) is 64.8 Å². The van der Waals surface area contributed by atoms with E-state index < -0.39 is 0 Å². The van der Waals surface area contributed by atoms with Crippen LogP contribution >= 0.6 is 0 Å². The zero-order chi connectivity index (χ0) is 15.1. The average molecular weight is 278 g/mol. The van der Waals surface area contributed by atoms with Crippen molar-refractivity contribution < 1.29 is 0 Å². The maximum Gasteiger partial charge on any atom is 0.135 e. The molecule has 0 saturated heterocycles. The van der Waals surface area contributed by atoms with Crippen LogP contribution in [0.5, 0.6) is 0 Å². The number of rotatable bonds is 8. The second-order valence-corrected chi connectivity index (χ2v) is 5.88. The van der Waals surface area contributed by atoms with Crippen LogP contribution in [0.25, 0.3) is 0 Å². The Balaban J connectivity index is 2.98. The molecule has 1 atom stereocenters. The van der Waals surface area contributed by atoms with Gasteiger partial charge in [0.25, 0.3) is 0 Å². The van der Waals surface area contributed by atoms with Gasteiger partial charge in [-0.1, -0.05) is 41.0 Å². The molecule has 0 saturated carbocycles. The van der Waals surface area contributed by atoms with Crippen molar-refractivity contribution in [3.63, 3.8) is 0 Å². The van der Waals surface area contributed by atoms with E-state index >= 15 is 0 Å². The van der Waals surface area contributed by atoms with Crippen LogP contribution in [0.3, 0.4) is 0 Å². The van der Waals surface area contributed by atoms with E-state index in [0.29, 0.717) is 11.8 Å². The van der Waals surface area contributed by atoms with Crippen LogP contribution in [0, 0.1) is 12.8 Å². The SMILES string of the molecule is CCCNc1nc(C(C)C)nc(NCC(C)CC)c1C. The lowest BCUT2D eigenvalue weighted by molar-refractivity contribution is 0.591. The first kappa shape index (κ1) is 16.7. The van der Waals surface area contributed by atoms with Crippen LogP contribution in [0.2, 0.25) is 0 Å². The van der Waals surface area contributed by atoms with Gasteiger partial charge in [-0.05, 0) is 19.3 Å². The molecule has 0 fully saturated rings. The summed E-state index contributed by atoms with van der Waals surface area (Å²) in [6, 6.07) is 0. The molecule has 1 rings (SSSR count). The molecule has 20 heavy (non-hydrogen) atoms. The van der Waals surface area contributed by atoms with Gasteiger partial charge in [-0.25, -0.2) is 9.97 Å². The molecule has 4 heteroatoms. The molecule has 0 aliphatic rings. The molecule has 0 aliphatic carbocycles. The number of nitrogens with zero attached hydrogens (tertiary/aromatic N) is 2. The van der Waals surface area contributed by atoms with Crippen molar-refractivity contribution in [2.75, 3.05) is 23.7 Å². The normalized spacial score (nSPS) is 12.6. The second kappa shape index (κ2) is 8.08. The molecule has 2 N–H and O–H groups in total. The van der Waals surface area contributed by atoms with Crippen molar-refractivity contribution in [1.29, 1.82) is 0 Å². The number of hydrogen-bond acceptors (Lipinski definition) is 4. The zero-order valence-electron chi connectivity index (χ0n) is 13.9. The Morgan fingerprint density at radius 1 is 1.00 bits per heavy atom. The highest BCUT2D eigenvalue weighted by atomic mass is 15.1. The summed E-state index contributed by atoms with van der Waals surface area (Å²) in [4.78, 5) is 9.34. The minimum absolute atomic E-state index is 0.335. The first-order chi connectivity index (χ1) is 9.49. The first-order valence-corrected chi connectivity index (χ1v) is 7.85. The summed E-state index contributed by atoms with van der Waals surface area (Å²) in [5.41, 5.74) is 1.12. The fraction of sp³-hybridized carbons (Fsp3) is 0.750. The topological polar surface area (TPSA) is 49.8 Å². The van der Waals surface area contributed by atoms with Crippen molar-refractivity contribution in [3.05, 3.63) is 11.4 Å². The summed E-state index contributed by atoms with van der Waals surface area (Å²) in [6.45, 7) is 14.9. The van der Waals surface area contributed by atoms with Gasteiger partial charge < -0.3 is 10.6 Å². The third-order valence-corrected chi connectivity index (χ3v) is 3.54. The standard InChI is InChI=1S/C16H30N4/c1-7-9-17-15-13(6)16(18-10-12(5)8-2)20-14(19-15)11(3)4/h11-12H,7-10H2,1-6H3,(H2,17,18,19,20). The third-order valence-electron chi connectivity index (χ3n) is 3.54. The predicted octanol–water partition coefficient (Wildman–Crippen LogP) is 4.19. The lowest BCUT2D eigenvalue weighted by atomic mass is 10.1. The van der Waals surface area contributed by atoms with Crippen LogP contribution in [0.15, 0.2) is 0 Å². The molecule has 114 valence electrons. The van der Waals surface area contributed by atoms with Gasteiger partial charge in [0.1, 0.15) is 17.5 Å². The fourth-order valence-corrected chi connectivity index (χ4v) is 1.80. The molecule has 0 aromatic carbocycles. The summed E-state index contributed by atoms with van der Waals surface area (Å²) >= 11 is 0. The zero-order valence-corrected chi connectivity index (χ0v) is 13.9. The van der Waals surface area contributed by atoms with E-state index in [-0.39, 0.29) is 0 Å². The quantitative estimate of drug-likeness (QED) is 0.748. The van der Waals surface area contributed by atoms with E-state index in [1.54, 1.807) is 0 Å². The Kier molecular flexibility index (Phi) is 6.76. The average Bonchev–Trinajstić information content (AvgIpc) is 2.44. The molecule has 0 amide bonds. The summed E-state index contributed by atoms with van der Waals surface area (Å²) in [5, 5.41) is 6.89. The Morgan fingerprint density at radius 3 is 2.10 bits per heavy atom. The van der Waals surface area contributed by atoms with Crippen LogP contribution in [-0.2, 0) is 0 Å². The lowest BCUT2D eigenvalue weighted by Crippen LogP contribution is -2.16. The van der Waals surface area contributed by atoms with Gasteiger partial charge in [0.05, 0.1) is 0 Å². The highest BCUT2D eigenvalue weighted by Crippen LogP contribution is 2.23. The molecule has 0 radical (unpaired) electrons. The summed E-state index contributed by atoms with van der Waals surface area (Å²) < 4.78 is 0. The van der Waals surface area contributed by atoms with Crippen molar-refractivity contribution in [2.45, 2.75) is 60.3 Å². The predicted molar refractivity (Wildman–Crippen MR) is 87.6 cm³/mol. The molecule has 0 aliphatic heterocycles. The van der Waals surface area contributed by atoms with E-state index in [1.165, 1.54) is 6.42 Å². The van der Waals surface area contributed by atoms with E-state index in [1.807, 2.05) is 0 Å². The number of hydrogen-bond donors (Lipinski definition) is 2. The molecular formula is C16H30N4. The summed E-state index contributed by atoms with van der Waals surface area (Å²) in [6.07, 6.45) is 2.27.